The van der Waals surface area contributed by atoms with Crippen LogP contribution in [-0.4, -0.2) is 18.0 Å². The summed E-state index contributed by atoms with van der Waals surface area (Å²) in [5.74, 6) is -0.262. The smallest absolute Gasteiger partial charge is 0.291 e. The lowest BCUT2D eigenvalue weighted by Crippen LogP contribution is -2.25. The van der Waals surface area contributed by atoms with Crippen molar-refractivity contribution in [3.63, 3.8) is 0 Å². The Balaban J connectivity index is 2.54. The van der Waals surface area contributed by atoms with E-state index in [-0.39, 0.29) is 17.3 Å². The Morgan fingerprint density at radius 3 is 2.50 bits per heavy atom. The summed E-state index contributed by atoms with van der Waals surface area (Å²) in [7, 11) is 0. The molecule has 1 atom stereocenters. The molecule has 1 aliphatic heterocycles. The van der Waals surface area contributed by atoms with Crippen LogP contribution < -0.4 is 5.73 Å². The van der Waals surface area contributed by atoms with E-state index in [4.69, 9.17) is 10.5 Å². The Kier molecular flexibility index (Phi) is 2.08. The monoisotopic (exact) mass is 170 g/mol. The van der Waals surface area contributed by atoms with Gasteiger partial charge in [-0.05, 0) is 11.8 Å². The van der Waals surface area contributed by atoms with Gasteiger partial charge >= 0.3 is 0 Å². The van der Waals surface area contributed by atoms with Gasteiger partial charge in [0.05, 0.1) is 0 Å². The van der Waals surface area contributed by atoms with Gasteiger partial charge in [-0.3, -0.25) is 4.79 Å². The topological polar surface area (TPSA) is 64.7 Å². The fourth-order valence-electron chi connectivity index (χ4n) is 1.09. The highest BCUT2D eigenvalue weighted by molar-refractivity contribution is 5.97. The first-order valence-electron chi connectivity index (χ1n) is 3.93. The third-order valence-corrected chi connectivity index (χ3v) is 1.56. The predicted molar refractivity (Wildman–Crippen MR) is 45.6 cm³/mol. The predicted octanol–water partition coefficient (Wildman–Crippen LogP) is 0.663. The molecule has 1 unspecified atom stereocenters. The standard InChI is InChI=1S/C8H14N2O2/c1-8(2,3)4-5-6(11)10-7(9)12-5/h5H,4H2,1-3H3,(H2,9,10,11). The Morgan fingerprint density at radius 1 is 1.58 bits per heavy atom. The van der Waals surface area contributed by atoms with Gasteiger partial charge in [0, 0.05) is 0 Å². The van der Waals surface area contributed by atoms with Gasteiger partial charge < -0.3 is 10.5 Å². The van der Waals surface area contributed by atoms with E-state index >= 15 is 0 Å². The number of amides is 1. The van der Waals surface area contributed by atoms with Crippen molar-refractivity contribution in [2.24, 2.45) is 16.1 Å². The van der Waals surface area contributed by atoms with Gasteiger partial charge in [0.2, 0.25) is 0 Å². The molecule has 4 heteroatoms. The van der Waals surface area contributed by atoms with Crippen molar-refractivity contribution in [1.29, 1.82) is 0 Å². The Bertz CT molecular complexity index is 228. The van der Waals surface area contributed by atoms with Gasteiger partial charge in [-0.25, -0.2) is 0 Å². The zero-order valence-electron chi connectivity index (χ0n) is 7.63. The second-order valence-electron chi connectivity index (χ2n) is 4.16. The summed E-state index contributed by atoms with van der Waals surface area (Å²) in [5, 5.41) is 0. The van der Waals surface area contributed by atoms with E-state index in [0.717, 1.165) is 0 Å². The van der Waals surface area contributed by atoms with E-state index in [2.05, 4.69) is 4.99 Å². The molecule has 68 valence electrons. The number of hydrogen-bond acceptors (Lipinski definition) is 3. The Labute approximate surface area is 71.8 Å². The van der Waals surface area contributed by atoms with Crippen molar-refractivity contribution < 1.29 is 9.53 Å². The lowest BCUT2D eigenvalue weighted by atomic mass is 9.89. The van der Waals surface area contributed by atoms with Crippen molar-refractivity contribution in [2.45, 2.75) is 33.3 Å². The highest BCUT2D eigenvalue weighted by atomic mass is 16.5. The molecule has 4 nitrogen and oxygen atoms in total. The largest absolute Gasteiger partial charge is 0.452 e. The van der Waals surface area contributed by atoms with Crippen LogP contribution in [0.4, 0.5) is 0 Å². The van der Waals surface area contributed by atoms with Gasteiger partial charge in [0.25, 0.3) is 11.9 Å². The molecule has 0 saturated heterocycles. The molecule has 2 N–H and O–H groups in total. The van der Waals surface area contributed by atoms with Crippen LogP contribution in [0.15, 0.2) is 4.99 Å². The molecule has 0 aromatic heterocycles. The molecule has 0 radical (unpaired) electrons. The molecule has 0 saturated carbocycles. The van der Waals surface area contributed by atoms with Gasteiger partial charge in [0.15, 0.2) is 6.10 Å². The summed E-state index contributed by atoms with van der Waals surface area (Å²) in [6.45, 7) is 6.12. The van der Waals surface area contributed by atoms with Gasteiger partial charge in [-0.15, -0.1) is 0 Å². The van der Waals surface area contributed by atoms with Crippen molar-refractivity contribution in [3.8, 4) is 0 Å². The highest BCUT2D eigenvalue weighted by Gasteiger charge is 2.31. The number of hydrogen-bond donors (Lipinski definition) is 1. The number of nitrogens with two attached hydrogens (primary N) is 1. The second kappa shape index (κ2) is 2.77. The van der Waals surface area contributed by atoms with E-state index in [1.807, 2.05) is 20.8 Å². The van der Waals surface area contributed by atoms with Crippen molar-refractivity contribution in [2.75, 3.05) is 0 Å². The summed E-state index contributed by atoms with van der Waals surface area (Å²) >= 11 is 0. The Hall–Kier alpha value is -1.06. The molecular weight excluding hydrogens is 156 g/mol. The maximum absolute atomic E-state index is 11.1. The number of aliphatic imine (C=N–C) groups is 1. The van der Waals surface area contributed by atoms with Crippen LogP contribution >= 0.6 is 0 Å². The van der Waals surface area contributed by atoms with E-state index in [1.54, 1.807) is 0 Å². The molecule has 1 aliphatic rings. The normalized spacial score (nSPS) is 23.8. The molecule has 0 spiro atoms. The minimum atomic E-state index is -0.468. The third kappa shape index (κ3) is 2.22. The number of ether oxygens (including phenoxy) is 1. The van der Waals surface area contributed by atoms with Gasteiger partial charge in [-0.1, -0.05) is 20.8 Å². The molecule has 0 aromatic rings. The Morgan fingerprint density at radius 2 is 2.17 bits per heavy atom. The van der Waals surface area contributed by atoms with Gasteiger partial charge in [0.1, 0.15) is 0 Å². The first kappa shape index (κ1) is 9.03. The van der Waals surface area contributed by atoms with Crippen LogP contribution in [0.3, 0.4) is 0 Å². The van der Waals surface area contributed by atoms with E-state index in [9.17, 15) is 4.79 Å². The van der Waals surface area contributed by atoms with Crippen LogP contribution in [0.2, 0.25) is 0 Å². The van der Waals surface area contributed by atoms with Crippen LogP contribution in [0.5, 0.6) is 0 Å². The molecule has 1 amide bonds. The molecular formula is C8H14N2O2. The van der Waals surface area contributed by atoms with E-state index in [1.165, 1.54) is 0 Å². The molecule has 1 heterocycles. The summed E-state index contributed by atoms with van der Waals surface area (Å²) < 4.78 is 5.03. The van der Waals surface area contributed by atoms with E-state index in [0.29, 0.717) is 6.42 Å². The first-order chi connectivity index (χ1) is 5.38. The van der Waals surface area contributed by atoms with Crippen LogP contribution in [0, 0.1) is 5.41 Å². The average Bonchev–Trinajstić information content (AvgIpc) is 2.06. The first-order valence-corrected chi connectivity index (χ1v) is 3.93. The molecule has 1 rings (SSSR count). The minimum Gasteiger partial charge on any atom is -0.452 e. The SMILES string of the molecule is CC(C)(C)CC1OC(N)=NC1=O. The zero-order chi connectivity index (χ0) is 9.35. The van der Waals surface area contributed by atoms with Crippen molar-refractivity contribution >= 4 is 11.9 Å². The molecule has 12 heavy (non-hydrogen) atoms. The third-order valence-electron chi connectivity index (χ3n) is 1.56. The van der Waals surface area contributed by atoms with Crippen LogP contribution in [0.25, 0.3) is 0 Å². The van der Waals surface area contributed by atoms with Crippen molar-refractivity contribution in [1.82, 2.24) is 0 Å². The molecule has 0 fully saturated rings. The number of carbonyl (C=O) groups excluding carboxylic acids is 1. The fraction of sp³-hybridized carbons (Fsp3) is 0.750. The fourth-order valence-corrected chi connectivity index (χ4v) is 1.09. The second-order valence-corrected chi connectivity index (χ2v) is 4.16. The molecule has 0 aromatic carbocycles. The van der Waals surface area contributed by atoms with Gasteiger partial charge in [-0.2, -0.15) is 4.99 Å². The zero-order valence-corrected chi connectivity index (χ0v) is 7.63. The number of amidine groups is 1. The van der Waals surface area contributed by atoms with E-state index < -0.39 is 6.10 Å². The van der Waals surface area contributed by atoms with Crippen LogP contribution in [-0.2, 0) is 9.53 Å². The maximum Gasteiger partial charge on any atom is 0.291 e. The lowest BCUT2D eigenvalue weighted by molar-refractivity contribution is -0.123. The molecule has 0 bridgehead atoms. The highest BCUT2D eigenvalue weighted by Crippen LogP contribution is 2.24. The number of rotatable bonds is 1. The summed E-state index contributed by atoms with van der Waals surface area (Å²) in [5.41, 5.74) is 5.30. The minimum absolute atomic E-state index is 0.00532. The van der Waals surface area contributed by atoms with Crippen LogP contribution in [0.1, 0.15) is 27.2 Å². The number of nitrogens with zero attached hydrogens (tertiary/aromatic N) is 1. The molecule has 0 aliphatic carbocycles. The summed E-state index contributed by atoms with van der Waals surface area (Å²) in [6, 6.07) is -0.00532. The lowest BCUT2D eigenvalue weighted by Gasteiger charge is -2.20. The maximum atomic E-state index is 11.1. The number of carbonyl (C=O) groups is 1. The van der Waals surface area contributed by atoms with Crippen molar-refractivity contribution in [3.05, 3.63) is 0 Å². The summed E-state index contributed by atoms with van der Waals surface area (Å²) in [6.07, 6.45) is 0.181. The average molecular weight is 170 g/mol. The quantitative estimate of drug-likeness (QED) is 0.628. The summed E-state index contributed by atoms with van der Waals surface area (Å²) in [4.78, 5) is 14.6.